The fourth-order valence-corrected chi connectivity index (χ4v) is 3.47. The molecule has 6 heteroatoms. The third-order valence-corrected chi connectivity index (χ3v) is 5.08. The number of nitrogens with zero attached hydrogens (tertiary/aromatic N) is 3. The third-order valence-electron chi connectivity index (χ3n) is 5.08. The van der Waals surface area contributed by atoms with Crippen LogP contribution in [0.3, 0.4) is 0 Å². The number of hydrogen-bond donors (Lipinski definition) is 1. The molecule has 5 nitrogen and oxygen atoms in total. The lowest BCUT2D eigenvalue weighted by atomic mass is 10.1. The molecule has 2 aromatic carbocycles. The normalized spacial score (nSPS) is 14.0. The Bertz CT molecular complexity index is 998. The number of nitrogens with one attached hydrogen (secondary N) is 1. The standard InChI is InChI=1S/C23H23FN4O/c1-17-5-4-6-19(15-17)27-11-13-28(14-12-27)23(29)18-9-10-22(25-16-18)26-21-8-3-2-7-20(21)24/h2-10,15-16H,11-14H2,1H3,(H,25,26). The molecule has 2 heterocycles. The van der Waals surface area contributed by atoms with Gasteiger partial charge in [-0.15, -0.1) is 0 Å². The molecule has 1 fully saturated rings. The number of amides is 1. The van der Waals surface area contributed by atoms with Crippen LogP contribution in [0.2, 0.25) is 0 Å². The first-order chi connectivity index (χ1) is 14.1. The van der Waals surface area contributed by atoms with Gasteiger partial charge in [0.25, 0.3) is 5.91 Å². The molecule has 0 unspecified atom stereocenters. The van der Waals surface area contributed by atoms with Crippen molar-refractivity contribution in [1.29, 1.82) is 0 Å². The van der Waals surface area contributed by atoms with E-state index >= 15 is 0 Å². The molecule has 0 spiro atoms. The number of rotatable bonds is 4. The van der Waals surface area contributed by atoms with E-state index in [2.05, 4.69) is 46.4 Å². The van der Waals surface area contributed by atoms with Crippen LogP contribution >= 0.6 is 0 Å². The first-order valence-electron chi connectivity index (χ1n) is 9.69. The maximum Gasteiger partial charge on any atom is 0.255 e. The van der Waals surface area contributed by atoms with E-state index in [1.54, 1.807) is 36.5 Å². The molecule has 0 saturated carbocycles. The summed E-state index contributed by atoms with van der Waals surface area (Å²) in [6.45, 7) is 5.02. The Labute approximate surface area is 169 Å². The third kappa shape index (κ3) is 4.37. The zero-order valence-electron chi connectivity index (χ0n) is 16.3. The van der Waals surface area contributed by atoms with Gasteiger partial charge in [-0.05, 0) is 48.9 Å². The van der Waals surface area contributed by atoms with E-state index in [1.807, 2.05) is 4.90 Å². The van der Waals surface area contributed by atoms with E-state index in [0.717, 1.165) is 13.1 Å². The zero-order chi connectivity index (χ0) is 20.2. The molecule has 1 saturated heterocycles. The summed E-state index contributed by atoms with van der Waals surface area (Å²) in [5, 5.41) is 2.93. The van der Waals surface area contributed by atoms with Crippen LogP contribution in [0.1, 0.15) is 15.9 Å². The van der Waals surface area contributed by atoms with Crippen LogP contribution in [0.4, 0.5) is 21.6 Å². The lowest BCUT2D eigenvalue weighted by molar-refractivity contribution is 0.0746. The molecule has 4 rings (SSSR count). The number of pyridine rings is 1. The van der Waals surface area contributed by atoms with Gasteiger partial charge in [-0.1, -0.05) is 24.3 Å². The molecule has 0 bridgehead atoms. The van der Waals surface area contributed by atoms with Gasteiger partial charge in [-0.25, -0.2) is 9.37 Å². The summed E-state index contributed by atoms with van der Waals surface area (Å²) in [5.41, 5.74) is 3.32. The minimum atomic E-state index is -0.346. The summed E-state index contributed by atoms with van der Waals surface area (Å²) in [6.07, 6.45) is 1.54. The van der Waals surface area contributed by atoms with E-state index in [0.29, 0.717) is 30.2 Å². The van der Waals surface area contributed by atoms with Gasteiger partial charge in [0.1, 0.15) is 11.6 Å². The highest BCUT2D eigenvalue weighted by Crippen LogP contribution is 2.20. The first kappa shape index (κ1) is 18.9. The minimum absolute atomic E-state index is 0.0289. The van der Waals surface area contributed by atoms with Gasteiger partial charge in [0.15, 0.2) is 0 Å². The number of hydrogen-bond acceptors (Lipinski definition) is 4. The van der Waals surface area contributed by atoms with Crippen LogP contribution in [0.25, 0.3) is 0 Å². The number of aromatic nitrogens is 1. The molecule has 1 aliphatic heterocycles. The average molecular weight is 390 g/mol. The molecule has 1 amide bonds. The van der Waals surface area contributed by atoms with Crippen molar-refractivity contribution >= 4 is 23.1 Å². The van der Waals surface area contributed by atoms with E-state index < -0.39 is 0 Å². The predicted molar refractivity (Wildman–Crippen MR) is 113 cm³/mol. The Morgan fingerprint density at radius 2 is 1.79 bits per heavy atom. The van der Waals surface area contributed by atoms with Gasteiger partial charge >= 0.3 is 0 Å². The highest BCUT2D eigenvalue weighted by molar-refractivity contribution is 5.94. The monoisotopic (exact) mass is 390 g/mol. The maximum atomic E-state index is 13.7. The van der Waals surface area contributed by atoms with Crippen molar-refractivity contribution in [2.75, 3.05) is 36.4 Å². The second-order valence-electron chi connectivity index (χ2n) is 7.16. The van der Waals surface area contributed by atoms with Crippen LogP contribution in [-0.4, -0.2) is 42.0 Å². The van der Waals surface area contributed by atoms with Crippen LogP contribution in [0.15, 0.2) is 66.9 Å². The molecule has 3 aromatic rings. The fourth-order valence-electron chi connectivity index (χ4n) is 3.47. The maximum absolute atomic E-state index is 13.7. The molecule has 1 aromatic heterocycles. The molecule has 0 atom stereocenters. The molecule has 29 heavy (non-hydrogen) atoms. The number of benzene rings is 2. The topological polar surface area (TPSA) is 48.5 Å². The quantitative estimate of drug-likeness (QED) is 0.724. The van der Waals surface area contributed by atoms with Crippen molar-refractivity contribution < 1.29 is 9.18 Å². The second kappa shape index (κ2) is 8.31. The SMILES string of the molecule is Cc1cccc(N2CCN(C(=O)c3ccc(Nc4ccccc4F)nc3)CC2)c1. The fraction of sp³-hybridized carbons (Fsp3) is 0.217. The molecule has 0 aliphatic carbocycles. The molecule has 0 radical (unpaired) electrons. The smallest absolute Gasteiger partial charge is 0.255 e. The number of anilines is 3. The number of halogens is 1. The van der Waals surface area contributed by atoms with Gasteiger partial charge in [0.2, 0.25) is 0 Å². The Hall–Kier alpha value is -3.41. The second-order valence-corrected chi connectivity index (χ2v) is 7.16. The van der Waals surface area contributed by atoms with Crippen LogP contribution in [0, 0.1) is 12.7 Å². The highest BCUT2D eigenvalue weighted by atomic mass is 19.1. The summed E-state index contributed by atoms with van der Waals surface area (Å²) in [7, 11) is 0. The van der Waals surface area contributed by atoms with Crippen molar-refractivity contribution in [2.24, 2.45) is 0 Å². The number of carbonyl (C=O) groups excluding carboxylic acids is 1. The Balaban J connectivity index is 1.37. The summed E-state index contributed by atoms with van der Waals surface area (Å²) in [5.74, 6) is 0.121. The van der Waals surface area contributed by atoms with Crippen LogP contribution < -0.4 is 10.2 Å². The highest BCUT2D eigenvalue weighted by Gasteiger charge is 2.22. The Morgan fingerprint density at radius 1 is 1.00 bits per heavy atom. The predicted octanol–water partition coefficient (Wildman–Crippen LogP) is 4.24. The van der Waals surface area contributed by atoms with Gasteiger partial charge in [0.05, 0.1) is 11.3 Å². The van der Waals surface area contributed by atoms with E-state index in [1.165, 1.54) is 17.3 Å². The average Bonchev–Trinajstić information content (AvgIpc) is 2.75. The molecule has 148 valence electrons. The Morgan fingerprint density at radius 3 is 2.48 bits per heavy atom. The lowest BCUT2D eigenvalue weighted by Gasteiger charge is -2.36. The van der Waals surface area contributed by atoms with Crippen LogP contribution in [0.5, 0.6) is 0 Å². The Kier molecular flexibility index (Phi) is 5.42. The first-order valence-corrected chi connectivity index (χ1v) is 9.69. The van der Waals surface area contributed by atoms with Gasteiger partial charge in [-0.2, -0.15) is 0 Å². The van der Waals surface area contributed by atoms with E-state index in [9.17, 15) is 9.18 Å². The molecule has 1 N–H and O–H groups in total. The van der Waals surface area contributed by atoms with E-state index in [-0.39, 0.29) is 11.7 Å². The number of carbonyl (C=O) groups is 1. The summed E-state index contributed by atoms with van der Waals surface area (Å²) >= 11 is 0. The van der Waals surface area contributed by atoms with Crippen molar-refractivity contribution in [3.05, 3.63) is 83.8 Å². The number of aryl methyl sites for hydroxylation is 1. The van der Waals surface area contributed by atoms with Gasteiger partial charge in [0, 0.05) is 38.1 Å². The van der Waals surface area contributed by atoms with Crippen LogP contribution in [-0.2, 0) is 0 Å². The largest absolute Gasteiger partial charge is 0.368 e. The van der Waals surface area contributed by atoms with Crippen molar-refractivity contribution in [3.8, 4) is 0 Å². The summed E-state index contributed by atoms with van der Waals surface area (Å²) in [4.78, 5) is 21.2. The van der Waals surface area contributed by atoms with E-state index in [4.69, 9.17) is 0 Å². The van der Waals surface area contributed by atoms with Crippen molar-refractivity contribution in [1.82, 2.24) is 9.88 Å². The number of para-hydroxylation sites is 1. The van der Waals surface area contributed by atoms with Gasteiger partial charge in [-0.3, -0.25) is 4.79 Å². The zero-order valence-corrected chi connectivity index (χ0v) is 16.3. The summed E-state index contributed by atoms with van der Waals surface area (Å²) in [6, 6.07) is 18.3. The van der Waals surface area contributed by atoms with Crippen molar-refractivity contribution in [3.63, 3.8) is 0 Å². The minimum Gasteiger partial charge on any atom is -0.368 e. The molecular weight excluding hydrogens is 367 g/mol. The van der Waals surface area contributed by atoms with Gasteiger partial charge < -0.3 is 15.1 Å². The summed E-state index contributed by atoms with van der Waals surface area (Å²) < 4.78 is 13.7. The molecular formula is C23H23FN4O. The lowest BCUT2D eigenvalue weighted by Crippen LogP contribution is -2.48. The number of piperazine rings is 1. The molecule has 1 aliphatic rings. The van der Waals surface area contributed by atoms with Crippen molar-refractivity contribution in [2.45, 2.75) is 6.92 Å².